The van der Waals surface area contributed by atoms with Crippen LogP contribution in [0, 0.1) is 0 Å². The second kappa shape index (κ2) is 11.1. The van der Waals surface area contributed by atoms with Gasteiger partial charge in [0, 0.05) is 22.9 Å². The van der Waals surface area contributed by atoms with Crippen molar-refractivity contribution in [3.05, 3.63) is 71.1 Å². The Hall–Kier alpha value is -4.44. The highest BCUT2D eigenvalue weighted by Gasteiger charge is 2.17. The number of carbonyl (C=O) groups excluding carboxylic acids is 2. The van der Waals surface area contributed by atoms with Crippen molar-refractivity contribution >= 4 is 57.5 Å². The normalized spacial score (nSPS) is 11.0. The molecule has 0 aliphatic carbocycles. The van der Waals surface area contributed by atoms with Crippen LogP contribution in [-0.4, -0.2) is 37.6 Å². The van der Waals surface area contributed by atoms with E-state index in [9.17, 15) is 9.59 Å². The molecule has 190 valence electrons. The van der Waals surface area contributed by atoms with Crippen molar-refractivity contribution < 1.29 is 14.4 Å². The summed E-state index contributed by atoms with van der Waals surface area (Å²) in [6.45, 7) is 5.52. The summed E-state index contributed by atoms with van der Waals surface area (Å²) in [4.78, 5) is 37.4. The molecule has 0 saturated carbocycles. The maximum Gasteiger partial charge on any atom is 0.281 e. The maximum atomic E-state index is 12.3. The van der Waals surface area contributed by atoms with Crippen molar-refractivity contribution in [3.63, 3.8) is 0 Å². The number of hydroxylamine groups is 1. The summed E-state index contributed by atoms with van der Waals surface area (Å²) >= 11 is 6.11. The van der Waals surface area contributed by atoms with Crippen molar-refractivity contribution in [2.24, 2.45) is 0 Å². The van der Waals surface area contributed by atoms with Crippen LogP contribution in [0.5, 0.6) is 0 Å². The molecule has 0 unspecified atom stereocenters. The van der Waals surface area contributed by atoms with E-state index in [0.29, 0.717) is 27.7 Å². The molecule has 2 aromatic carbocycles. The standard InChI is InChI=1S/C25H25ClN8O3/c1-25(2,3)37-34-19(13-35)24(36)27-12-15-6-4-8-17(10-15)31-23-20-21(28-14-29-22(20)32-33-23)30-18-9-5-7-16(26)11-18/h4-11,14,34H,12H2,1-3H3,(H,27,36)(H3,28,29,30,31,32,33). The van der Waals surface area contributed by atoms with Gasteiger partial charge < -0.3 is 16.0 Å². The molecular formula is C25H25ClN8O3. The molecule has 5 N–H and O–H groups in total. The average molecular weight is 521 g/mol. The quantitative estimate of drug-likeness (QED) is 0.125. The van der Waals surface area contributed by atoms with Gasteiger partial charge >= 0.3 is 0 Å². The monoisotopic (exact) mass is 520 g/mol. The number of H-pyrrole nitrogens is 1. The van der Waals surface area contributed by atoms with E-state index in [1.165, 1.54) is 6.33 Å². The lowest BCUT2D eigenvalue weighted by Crippen LogP contribution is -2.36. The minimum Gasteiger partial charge on any atom is -0.346 e. The van der Waals surface area contributed by atoms with Crippen LogP contribution in [-0.2, 0) is 21.0 Å². The summed E-state index contributed by atoms with van der Waals surface area (Å²) < 4.78 is 0. The fourth-order valence-corrected chi connectivity index (χ4v) is 3.43. The molecule has 0 spiro atoms. The highest BCUT2D eigenvalue weighted by atomic mass is 35.5. The predicted octanol–water partition coefficient (Wildman–Crippen LogP) is 4.14. The molecule has 2 aromatic heterocycles. The Morgan fingerprint density at radius 3 is 2.57 bits per heavy atom. The number of halogens is 1. The second-order valence-corrected chi connectivity index (χ2v) is 9.39. The Balaban J connectivity index is 1.47. The van der Waals surface area contributed by atoms with Crippen LogP contribution in [0.3, 0.4) is 0 Å². The Kier molecular flexibility index (Phi) is 7.69. The number of hydrogen-bond acceptors (Lipinski definition) is 9. The lowest BCUT2D eigenvalue weighted by molar-refractivity contribution is -0.121. The first-order chi connectivity index (χ1) is 17.7. The minimum absolute atomic E-state index is 0.172. The lowest BCUT2D eigenvalue weighted by atomic mass is 10.2. The second-order valence-electron chi connectivity index (χ2n) is 8.96. The summed E-state index contributed by atoms with van der Waals surface area (Å²) in [6, 6.07) is 14.7. The number of hydrogen-bond donors (Lipinski definition) is 5. The molecule has 0 aliphatic heterocycles. The lowest BCUT2D eigenvalue weighted by Gasteiger charge is -2.19. The Bertz CT molecular complexity index is 1470. The fraction of sp³-hybridized carbons (Fsp3) is 0.200. The van der Waals surface area contributed by atoms with Gasteiger partial charge in [-0.15, -0.1) is 0 Å². The van der Waals surface area contributed by atoms with Gasteiger partial charge in [0.15, 0.2) is 11.6 Å². The van der Waals surface area contributed by atoms with Crippen LogP contribution < -0.4 is 21.4 Å². The van der Waals surface area contributed by atoms with Gasteiger partial charge in [0.05, 0.1) is 5.60 Å². The fourth-order valence-electron chi connectivity index (χ4n) is 3.24. The van der Waals surface area contributed by atoms with Gasteiger partial charge in [-0.1, -0.05) is 29.8 Å². The molecule has 4 rings (SSSR count). The van der Waals surface area contributed by atoms with E-state index in [4.69, 9.17) is 16.4 Å². The molecule has 37 heavy (non-hydrogen) atoms. The van der Waals surface area contributed by atoms with Crippen LogP contribution in [0.2, 0.25) is 5.02 Å². The van der Waals surface area contributed by atoms with Crippen LogP contribution in [0.25, 0.3) is 11.0 Å². The first kappa shape index (κ1) is 25.6. The Labute approximate surface area is 217 Å². The van der Waals surface area contributed by atoms with Crippen LogP contribution in [0.1, 0.15) is 26.3 Å². The van der Waals surface area contributed by atoms with E-state index in [-0.39, 0.29) is 12.2 Å². The number of benzene rings is 2. The molecule has 0 saturated heterocycles. The zero-order chi connectivity index (χ0) is 26.4. The third-order valence-corrected chi connectivity index (χ3v) is 5.11. The highest BCUT2D eigenvalue weighted by molar-refractivity contribution is 6.30. The summed E-state index contributed by atoms with van der Waals surface area (Å²) in [7, 11) is 0. The smallest absolute Gasteiger partial charge is 0.281 e. The van der Waals surface area contributed by atoms with Gasteiger partial charge in [-0.2, -0.15) is 5.10 Å². The van der Waals surface area contributed by atoms with E-state index in [0.717, 1.165) is 16.9 Å². The van der Waals surface area contributed by atoms with Crippen LogP contribution >= 0.6 is 11.6 Å². The number of aromatic nitrogens is 4. The average Bonchev–Trinajstić information content (AvgIpc) is 3.26. The molecule has 2 heterocycles. The predicted molar refractivity (Wildman–Crippen MR) is 141 cm³/mol. The molecule has 0 fully saturated rings. The van der Waals surface area contributed by atoms with Crippen molar-refractivity contribution in [2.75, 3.05) is 10.6 Å². The Morgan fingerprint density at radius 2 is 1.84 bits per heavy atom. The molecule has 0 aliphatic rings. The third-order valence-electron chi connectivity index (χ3n) is 4.88. The molecule has 4 aromatic rings. The number of rotatable bonds is 9. The highest BCUT2D eigenvalue weighted by Crippen LogP contribution is 2.30. The van der Waals surface area contributed by atoms with E-state index >= 15 is 0 Å². The molecule has 0 atom stereocenters. The van der Waals surface area contributed by atoms with E-state index < -0.39 is 11.5 Å². The summed E-state index contributed by atoms with van der Waals surface area (Å²) in [6.07, 6.45) is 1.42. The zero-order valence-corrected chi connectivity index (χ0v) is 21.1. The van der Waals surface area contributed by atoms with Gasteiger partial charge in [0.2, 0.25) is 5.70 Å². The van der Waals surface area contributed by atoms with Gasteiger partial charge in [-0.3, -0.25) is 20.2 Å². The largest absolute Gasteiger partial charge is 0.346 e. The molecule has 0 bridgehead atoms. The van der Waals surface area contributed by atoms with E-state index in [1.54, 1.807) is 38.8 Å². The number of anilines is 4. The van der Waals surface area contributed by atoms with Gasteiger partial charge in [0.25, 0.3) is 5.91 Å². The number of aromatic amines is 1. The number of fused-ring (bicyclic) bond motifs is 1. The van der Waals surface area contributed by atoms with Gasteiger partial charge in [-0.05, 0) is 56.7 Å². The summed E-state index contributed by atoms with van der Waals surface area (Å²) in [5.74, 6) is 2.06. The van der Waals surface area contributed by atoms with Gasteiger partial charge in [-0.25, -0.2) is 14.8 Å². The first-order valence-corrected chi connectivity index (χ1v) is 11.6. The molecule has 11 nitrogen and oxygen atoms in total. The topological polar surface area (TPSA) is 146 Å². The van der Waals surface area contributed by atoms with Gasteiger partial charge in [0.1, 0.15) is 23.3 Å². The van der Waals surface area contributed by atoms with Crippen LogP contribution in [0.15, 0.2) is 60.6 Å². The molecule has 12 heteroatoms. The van der Waals surface area contributed by atoms with Crippen LogP contribution in [0.4, 0.5) is 23.0 Å². The SMILES string of the molecule is CC(C)(C)ONC(=C=O)C(=O)NCc1cccc(Nc2[nH]nc3ncnc(Nc4cccc(Cl)c4)c23)c1. The van der Waals surface area contributed by atoms with Crippen molar-refractivity contribution in [2.45, 2.75) is 32.9 Å². The van der Waals surface area contributed by atoms with Crippen molar-refractivity contribution in [3.8, 4) is 0 Å². The van der Waals surface area contributed by atoms with Crippen molar-refractivity contribution in [1.29, 1.82) is 0 Å². The number of carbonyl (C=O) groups is 1. The molecule has 1 amide bonds. The molecule has 0 radical (unpaired) electrons. The molecular weight excluding hydrogens is 496 g/mol. The van der Waals surface area contributed by atoms with E-state index in [2.05, 4.69) is 41.6 Å². The minimum atomic E-state index is -0.633. The number of nitrogens with one attached hydrogen (secondary N) is 5. The Morgan fingerprint density at radius 1 is 1.08 bits per heavy atom. The third kappa shape index (κ3) is 6.83. The maximum absolute atomic E-state index is 12.3. The van der Waals surface area contributed by atoms with E-state index in [1.807, 2.05) is 36.4 Å². The summed E-state index contributed by atoms with van der Waals surface area (Å²) in [5, 5.41) is 17.7. The first-order valence-electron chi connectivity index (χ1n) is 11.3. The number of nitrogens with zero attached hydrogens (tertiary/aromatic N) is 3. The zero-order valence-electron chi connectivity index (χ0n) is 20.3. The van der Waals surface area contributed by atoms with Crippen molar-refractivity contribution in [1.82, 2.24) is 31.0 Å². The summed E-state index contributed by atoms with van der Waals surface area (Å²) in [5.41, 5.74) is 4.20. The number of amides is 1.